The zero-order chi connectivity index (χ0) is 62.1. The van der Waals surface area contributed by atoms with Crippen LogP contribution in [0.1, 0.15) is 249 Å². The maximum Gasteiger partial charge on any atom is 0.326 e. The number of carboxylic acid groups (broad SMARTS) is 2. The number of aliphatic carboxylic acids is 2. The molecule has 14 heteroatoms. The molecule has 0 aliphatic rings. The third-order valence-corrected chi connectivity index (χ3v) is 14.3. The van der Waals surface area contributed by atoms with Crippen molar-refractivity contribution in [2.75, 3.05) is 20.2 Å². The van der Waals surface area contributed by atoms with Gasteiger partial charge in [0.2, 0.25) is 17.7 Å². The van der Waals surface area contributed by atoms with E-state index in [1.807, 2.05) is 0 Å². The molecule has 0 aliphatic heterocycles. The Labute approximate surface area is 483 Å². The van der Waals surface area contributed by atoms with E-state index in [2.05, 4.69) is 197 Å². The number of aromatic nitrogens is 2. The number of methoxy groups -OCH3 is 1. The van der Waals surface area contributed by atoms with E-state index in [4.69, 9.17) is 0 Å². The van der Waals surface area contributed by atoms with Crippen LogP contribution in [0.2, 0.25) is 0 Å². The summed E-state index contributed by atoms with van der Waals surface area (Å²) in [5.74, 6) is -0.955. The van der Waals surface area contributed by atoms with Gasteiger partial charge < -0.3 is 35.9 Å². The molecule has 3 amide bonds. The molecule has 1 rings (SSSR count). The smallest absolute Gasteiger partial charge is 0.326 e. The Morgan fingerprint density at radius 3 is 1.11 bits per heavy atom. The summed E-state index contributed by atoms with van der Waals surface area (Å²) in [6.07, 6.45) is 14.7. The van der Waals surface area contributed by atoms with Crippen LogP contribution < -0.4 is 16.0 Å². The van der Waals surface area contributed by atoms with Gasteiger partial charge in [-0.2, -0.15) is 0 Å². The first kappa shape index (κ1) is 77.1. The molecule has 0 radical (unpaired) electrons. The predicted molar refractivity (Wildman–Crippen MR) is 325 cm³/mol. The maximum atomic E-state index is 13.1. The number of carbonyl (C=O) groups is 6. The molecule has 0 aromatic carbocycles. The molecule has 462 valence electrons. The molecule has 0 saturated carbocycles. The number of aromatic amines is 1. The molecule has 1 aromatic rings. The molecule has 79 heavy (non-hydrogen) atoms. The van der Waals surface area contributed by atoms with Gasteiger partial charge in [-0.25, -0.2) is 9.78 Å². The summed E-state index contributed by atoms with van der Waals surface area (Å²) in [5, 5.41) is 26.9. The first-order chi connectivity index (χ1) is 35.6. The second kappa shape index (κ2) is 35.1. The summed E-state index contributed by atoms with van der Waals surface area (Å²) in [5.41, 5.74) is 1.95. The van der Waals surface area contributed by atoms with E-state index in [9.17, 15) is 39.0 Å². The van der Waals surface area contributed by atoms with E-state index in [0.717, 1.165) is 77.0 Å². The molecule has 1 aromatic heterocycles. The number of hydrogen-bond acceptors (Lipinski definition) is 8. The minimum absolute atomic E-state index is 0.0230. The lowest BCUT2D eigenvalue weighted by Gasteiger charge is -2.30. The minimum Gasteiger partial charge on any atom is -0.481 e. The van der Waals surface area contributed by atoms with Gasteiger partial charge in [0, 0.05) is 30.1 Å². The molecule has 10 unspecified atom stereocenters. The van der Waals surface area contributed by atoms with Gasteiger partial charge >= 0.3 is 17.9 Å². The van der Waals surface area contributed by atoms with Crippen LogP contribution in [0, 0.1) is 85.8 Å². The third kappa shape index (κ3) is 41.7. The van der Waals surface area contributed by atoms with Crippen LogP contribution in [0.5, 0.6) is 0 Å². The molecule has 0 bridgehead atoms. The lowest BCUT2D eigenvalue weighted by molar-refractivity contribution is -0.144. The zero-order valence-corrected chi connectivity index (χ0v) is 55.2. The van der Waals surface area contributed by atoms with Crippen LogP contribution in [0.15, 0.2) is 12.5 Å². The summed E-state index contributed by atoms with van der Waals surface area (Å²) in [7, 11) is 1.34. The quantitative estimate of drug-likeness (QED) is 0.0417. The van der Waals surface area contributed by atoms with Crippen LogP contribution in [-0.4, -0.2) is 82.1 Å². The molecule has 0 fully saturated rings. The van der Waals surface area contributed by atoms with Crippen LogP contribution in [0.3, 0.4) is 0 Å². The Bertz CT molecular complexity index is 1910. The Morgan fingerprint density at radius 1 is 0.494 bits per heavy atom. The van der Waals surface area contributed by atoms with Gasteiger partial charge in [-0.3, -0.25) is 24.0 Å². The monoisotopic (exact) mass is 1120 g/mol. The second-order valence-electron chi connectivity index (χ2n) is 31.5. The molecule has 1 heterocycles. The Kier molecular flexibility index (Phi) is 34.3. The second-order valence-corrected chi connectivity index (χ2v) is 31.5. The largest absolute Gasteiger partial charge is 0.481 e. The Morgan fingerprint density at radius 2 is 0.823 bits per heavy atom. The van der Waals surface area contributed by atoms with Gasteiger partial charge in [0.05, 0.1) is 25.9 Å². The van der Waals surface area contributed by atoms with Crippen LogP contribution >= 0.6 is 0 Å². The van der Waals surface area contributed by atoms with Crippen molar-refractivity contribution >= 4 is 35.6 Å². The van der Waals surface area contributed by atoms with Gasteiger partial charge in [0.25, 0.3) is 0 Å². The van der Waals surface area contributed by atoms with Crippen LogP contribution in [-0.2, 0) is 39.9 Å². The summed E-state index contributed by atoms with van der Waals surface area (Å²) in [6.45, 7) is 52.7. The van der Waals surface area contributed by atoms with E-state index < -0.39 is 29.9 Å². The third-order valence-electron chi connectivity index (χ3n) is 14.3. The standard InChI is InChI=1S/C26H46N4O4.C21H41NO3.C18H36O2/c1-17(12-25(3,4)5)9-10-20(18(2)13-26(6,7)8)23(32)28-15-22(31)30-21(24(33)34)11-19-14-27-16-29-19;1-15(12-20(3,4)5)10-11-17(16(2)13-21(6,7)8)19(24)22-14-18(23)25-9;1-13(11-17(3,4)5)9-10-15(16(19)20)14(2)12-18(6,7)8/h14,16-18,20-21H,9-13,15H2,1-8H3,(H,27,29)(H,28,32)(H,30,31)(H,33,34);15-17H,10-14H2,1-9H3,(H,22,24);13-15H,9-12H2,1-8H3,(H,19,20). The summed E-state index contributed by atoms with van der Waals surface area (Å²) < 4.78 is 4.62. The van der Waals surface area contributed by atoms with E-state index in [1.54, 1.807) is 0 Å². The SMILES string of the molecule is CC(CCC(C(=O)NCC(=O)NC(Cc1cnc[nH]1)C(=O)O)C(C)CC(C)(C)C)CC(C)(C)C.CC(CCC(C(=O)O)C(C)CC(C)(C)C)CC(C)(C)C.COC(=O)CNC(=O)C(CCC(C)CC(C)(C)C)C(C)CC(C)(C)C. The lowest BCUT2D eigenvalue weighted by Crippen LogP contribution is -2.47. The molecular formula is C65H123N5O9. The van der Waals surface area contributed by atoms with Gasteiger partial charge in [-0.15, -0.1) is 0 Å². The summed E-state index contributed by atoms with van der Waals surface area (Å²) >= 11 is 0. The fourth-order valence-corrected chi connectivity index (χ4v) is 11.9. The van der Waals surface area contributed by atoms with Crippen molar-refractivity contribution in [3.63, 3.8) is 0 Å². The average molecular weight is 1120 g/mol. The number of H-pyrrole nitrogens is 1. The van der Waals surface area contributed by atoms with Gasteiger partial charge in [0.15, 0.2) is 0 Å². The highest BCUT2D eigenvalue weighted by atomic mass is 16.5. The van der Waals surface area contributed by atoms with Crippen molar-refractivity contribution < 1.29 is 43.7 Å². The molecule has 0 aliphatic carbocycles. The van der Waals surface area contributed by atoms with E-state index in [-0.39, 0.29) is 88.5 Å². The van der Waals surface area contributed by atoms with E-state index in [1.165, 1.54) is 19.6 Å². The number of nitrogens with one attached hydrogen (secondary N) is 4. The molecule has 0 spiro atoms. The van der Waals surface area contributed by atoms with Crippen molar-refractivity contribution in [1.29, 1.82) is 0 Å². The number of ether oxygens (including phenoxy) is 1. The normalized spacial score (nSPS) is 16.3. The predicted octanol–water partition coefficient (Wildman–Crippen LogP) is 14.6. The Hall–Kier alpha value is -3.97. The number of carboxylic acids is 2. The number of amides is 3. The Balaban J connectivity index is 0. The molecule has 6 N–H and O–H groups in total. The number of nitrogens with zero attached hydrogens (tertiary/aromatic N) is 1. The van der Waals surface area contributed by atoms with Crippen LogP contribution in [0.4, 0.5) is 0 Å². The summed E-state index contributed by atoms with van der Waals surface area (Å²) in [6, 6.07) is -1.10. The number of carbonyl (C=O) groups excluding carboxylic acids is 4. The fourth-order valence-electron chi connectivity index (χ4n) is 11.9. The minimum atomic E-state index is -1.14. The molecular weight excluding hydrogens is 995 g/mol. The van der Waals surface area contributed by atoms with Gasteiger partial charge in [0.1, 0.15) is 12.6 Å². The lowest BCUT2D eigenvalue weighted by atomic mass is 9.76. The van der Waals surface area contributed by atoms with Gasteiger partial charge in [-0.05, 0) is 145 Å². The highest BCUT2D eigenvalue weighted by Gasteiger charge is 2.33. The number of esters is 1. The topological polar surface area (TPSA) is 217 Å². The molecule has 10 atom stereocenters. The van der Waals surface area contributed by atoms with E-state index >= 15 is 0 Å². The highest BCUT2D eigenvalue weighted by Crippen LogP contribution is 2.37. The first-order valence-electron chi connectivity index (χ1n) is 30.0. The fraction of sp³-hybridized carbons (Fsp3) is 0.862. The van der Waals surface area contributed by atoms with Crippen molar-refractivity contribution in [3.05, 3.63) is 18.2 Å². The maximum absolute atomic E-state index is 13.1. The molecule has 0 saturated heterocycles. The number of hydrogen-bond donors (Lipinski definition) is 6. The zero-order valence-electron chi connectivity index (χ0n) is 55.2. The van der Waals surface area contributed by atoms with E-state index in [0.29, 0.717) is 34.3 Å². The van der Waals surface area contributed by atoms with Crippen molar-refractivity contribution in [3.8, 4) is 0 Å². The van der Waals surface area contributed by atoms with Crippen molar-refractivity contribution in [2.45, 2.75) is 256 Å². The van der Waals surface area contributed by atoms with Crippen molar-refractivity contribution in [2.24, 2.45) is 85.8 Å². The molecule has 14 nitrogen and oxygen atoms in total. The first-order valence-corrected chi connectivity index (χ1v) is 30.0. The summed E-state index contributed by atoms with van der Waals surface area (Å²) in [4.78, 5) is 79.3. The average Bonchev–Trinajstić information content (AvgIpc) is 3.74. The van der Waals surface area contributed by atoms with Crippen molar-refractivity contribution in [1.82, 2.24) is 25.9 Å². The van der Waals surface area contributed by atoms with Crippen LogP contribution in [0.25, 0.3) is 0 Å². The number of imidazole rings is 1. The highest BCUT2D eigenvalue weighted by molar-refractivity contribution is 5.88. The van der Waals surface area contributed by atoms with Gasteiger partial charge in [-0.1, -0.05) is 166 Å². The number of rotatable bonds is 29.